The van der Waals surface area contributed by atoms with Crippen molar-refractivity contribution in [1.29, 1.82) is 0 Å². The summed E-state index contributed by atoms with van der Waals surface area (Å²) < 4.78 is 0. The number of anilines is 2. The average molecular weight is 286 g/mol. The Morgan fingerprint density at radius 3 is 2.76 bits per heavy atom. The molecule has 0 spiro atoms. The Bertz CT molecular complexity index is 566. The Balaban J connectivity index is 1.61. The number of carbonyl (C=O) groups excluding carboxylic acids is 1. The summed E-state index contributed by atoms with van der Waals surface area (Å²) in [6.45, 7) is 1.11. The van der Waals surface area contributed by atoms with Crippen LogP contribution in [-0.2, 0) is 4.79 Å². The maximum atomic E-state index is 11.6. The number of nitrogens with one attached hydrogen (secondary N) is 1. The SMILES string of the molecule is O=C1Nc2cc(N3CCCC3C3CCCC3)ccc2C1O. The lowest BCUT2D eigenvalue weighted by molar-refractivity contribution is -0.123. The summed E-state index contributed by atoms with van der Waals surface area (Å²) in [6.07, 6.45) is 7.02. The third kappa shape index (κ3) is 2.13. The molecule has 2 fully saturated rings. The zero-order valence-electron chi connectivity index (χ0n) is 12.2. The number of nitrogens with zero attached hydrogens (tertiary/aromatic N) is 1. The highest BCUT2D eigenvalue weighted by atomic mass is 16.3. The van der Waals surface area contributed by atoms with Crippen LogP contribution in [0.15, 0.2) is 18.2 Å². The van der Waals surface area contributed by atoms with Gasteiger partial charge < -0.3 is 15.3 Å². The number of carbonyl (C=O) groups is 1. The average Bonchev–Trinajstić information content (AvgIpc) is 3.20. The number of benzene rings is 1. The number of aliphatic hydroxyl groups is 1. The van der Waals surface area contributed by atoms with Crippen molar-refractivity contribution in [1.82, 2.24) is 0 Å². The Hall–Kier alpha value is -1.55. The van der Waals surface area contributed by atoms with Gasteiger partial charge in [0.15, 0.2) is 6.10 Å². The lowest BCUT2D eigenvalue weighted by Gasteiger charge is -2.31. The Kier molecular flexibility index (Phi) is 3.14. The quantitative estimate of drug-likeness (QED) is 0.879. The number of hydrogen-bond donors (Lipinski definition) is 2. The number of rotatable bonds is 2. The van der Waals surface area contributed by atoms with Gasteiger partial charge in [-0.2, -0.15) is 0 Å². The third-order valence-electron chi connectivity index (χ3n) is 5.41. The van der Waals surface area contributed by atoms with Gasteiger partial charge in [-0.05, 0) is 43.7 Å². The summed E-state index contributed by atoms with van der Waals surface area (Å²) >= 11 is 0. The van der Waals surface area contributed by atoms with Gasteiger partial charge in [-0.25, -0.2) is 0 Å². The first kappa shape index (κ1) is 13.1. The van der Waals surface area contributed by atoms with Crippen LogP contribution in [0.4, 0.5) is 11.4 Å². The summed E-state index contributed by atoms with van der Waals surface area (Å²) in [7, 11) is 0. The Morgan fingerprint density at radius 2 is 1.95 bits per heavy atom. The maximum Gasteiger partial charge on any atom is 0.257 e. The molecule has 1 amide bonds. The Labute approximate surface area is 125 Å². The molecule has 4 heteroatoms. The second-order valence-corrected chi connectivity index (χ2v) is 6.61. The molecule has 2 heterocycles. The molecule has 2 N–H and O–H groups in total. The fourth-order valence-electron chi connectivity index (χ4n) is 4.36. The largest absolute Gasteiger partial charge is 0.378 e. The maximum absolute atomic E-state index is 11.6. The van der Waals surface area contributed by atoms with Crippen LogP contribution in [0.3, 0.4) is 0 Å². The number of hydrogen-bond acceptors (Lipinski definition) is 3. The minimum absolute atomic E-state index is 0.309. The number of amides is 1. The van der Waals surface area contributed by atoms with Crippen LogP contribution in [0.25, 0.3) is 0 Å². The van der Waals surface area contributed by atoms with Crippen molar-refractivity contribution in [2.45, 2.75) is 50.7 Å². The van der Waals surface area contributed by atoms with Crippen molar-refractivity contribution >= 4 is 17.3 Å². The van der Waals surface area contributed by atoms with Crippen molar-refractivity contribution in [3.05, 3.63) is 23.8 Å². The highest BCUT2D eigenvalue weighted by Crippen LogP contribution is 2.40. The Morgan fingerprint density at radius 1 is 1.14 bits per heavy atom. The molecule has 2 aliphatic heterocycles. The van der Waals surface area contributed by atoms with E-state index in [0.717, 1.165) is 18.2 Å². The molecule has 0 bridgehead atoms. The van der Waals surface area contributed by atoms with Crippen LogP contribution in [0.5, 0.6) is 0 Å². The van der Waals surface area contributed by atoms with E-state index in [1.165, 1.54) is 44.2 Å². The van der Waals surface area contributed by atoms with Crippen molar-refractivity contribution < 1.29 is 9.90 Å². The molecule has 1 saturated carbocycles. The van der Waals surface area contributed by atoms with E-state index in [1.54, 1.807) is 0 Å². The van der Waals surface area contributed by atoms with E-state index in [4.69, 9.17) is 0 Å². The molecule has 1 aromatic carbocycles. The first-order chi connectivity index (χ1) is 10.2. The predicted molar refractivity (Wildman–Crippen MR) is 82.4 cm³/mol. The first-order valence-corrected chi connectivity index (χ1v) is 8.13. The molecule has 4 nitrogen and oxygen atoms in total. The summed E-state index contributed by atoms with van der Waals surface area (Å²) in [5, 5.41) is 12.6. The van der Waals surface area contributed by atoms with E-state index in [9.17, 15) is 9.90 Å². The minimum atomic E-state index is -1.00. The van der Waals surface area contributed by atoms with Gasteiger partial charge in [-0.15, -0.1) is 0 Å². The van der Waals surface area contributed by atoms with E-state index in [-0.39, 0.29) is 5.91 Å². The van der Waals surface area contributed by atoms with Gasteiger partial charge in [-0.1, -0.05) is 18.9 Å². The third-order valence-corrected chi connectivity index (χ3v) is 5.41. The first-order valence-electron chi connectivity index (χ1n) is 8.13. The highest BCUT2D eigenvalue weighted by Gasteiger charge is 2.35. The lowest BCUT2D eigenvalue weighted by Crippen LogP contribution is -2.34. The van der Waals surface area contributed by atoms with Gasteiger partial charge >= 0.3 is 0 Å². The predicted octanol–water partition coefficient (Wildman–Crippen LogP) is 2.83. The van der Waals surface area contributed by atoms with Gasteiger partial charge in [0.1, 0.15) is 0 Å². The minimum Gasteiger partial charge on any atom is -0.378 e. The second kappa shape index (κ2) is 5.02. The van der Waals surface area contributed by atoms with Crippen molar-refractivity contribution in [3.8, 4) is 0 Å². The molecule has 4 rings (SSSR count). The van der Waals surface area contributed by atoms with E-state index >= 15 is 0 Å². The standard InChI is InChI=1S/C17H22N2O2/c20-16-13-8-7-12(10-14(13)18-17(16)21)19-9-3-6-15(19)11-4-1-2-5-11/h7-8,10-11,15-16,20H,1-6,9H2,(H,18,21). The molecular formula is C17H22N2O2. The molecule has 21 heavy (non-hydrogen) atoms. The molecule has 0 radical (unpaired) electrons. The summed E-state index contributed by atoms with van der Waals surface area (Å²) in [4.78, 5) is 14.1. The van der Waals surface area contributed by atoms with Crippen LogP contribution < -0.4 is 10.2 Å². The van der Waals surface area contributed by atoms with Crippen LogP contribution >= 0.6 is 0 Å². The molecule has 2 atom stereocenters. The summed E-state index contributed by atoms with van der Waals surface area (Å²) in [5.41, 5.74) is 2.68. The van der Waals surface area contributed by atoms with Gasteiger partial charge in [0.25, 0.3) is 5.91 Å². The smallest absolute Gasteiger partial charge is 0.257 e. The highest BCUT2D eigenvalue weighted by molar-refractivity contribution is 6.02. The van der Waals surface area contributed by atoms with Crippen molar-refractivity contribution in [2.75, 3.05) is 16.8 Å². The zero-order chi connectivity index (χ0) is 14.4. The van der Waals surface area contributed by atoms with Gasteiger partial charge in [0.05, 0.1) is 0 Å². The van der Waals surface area contributed by atoms with Gasteiger partial charge in [0.2, 0.25) is 0 Å². The number of fused-ring (bicyclic) bond motifs is 1. The molecular weight excluding hydrogens is 264 g/mol. The van der Waals surface area contributed by atoms with Crippen molar-refractivity contribution in [2.24, 2.45) is 5.92 Å². The van der Waals surface area contributed by atoms with Crippen molar-refractivity contribution in [3.63, 3.8) is 0 Å². The molecule has 1 aliphatic carbocycles. The van der Waals surface area contributed by atoms with E-state index < -0.39 is 6.10 Å². The van der Waals surface area contributed by atoms with Gasteiger partial charge in [-0.3, -0.25) is 4.79 Å². The molecule has 2 unspecified atom stereocenters. The fourth-order valence-corrected chi connectivity index (χ4v) is 4.36. The molecule has 3 aliphatic rings. The van der Waals surface area contributed by atoms with E-state index in [2.05, 4.69) is 16.3 Å². The van der Waals surface area contributed by atoms with E-state index in [0.29, 0.717) is 11.6 Å². The van der Waals surface area contributed by atoms with Crippen LogP contribution in [-0.4, -0.2) is 23.6 Å². The van der Waals surface area contributed by atoms with Gasteiger partial charge in [0, 0.05) is 29.5 Å². The summed E-state index contributed by atoms with van der Waals surface area (Å²) in [6, 6.07) is 6.66. The molecule has 0 aromatic heterocycles. The summed E-state index contributed by atoms with van der Waals surface area (Å²) in [5.74, 6) is 0.525. The topological polar surface area (TPSA) is 52.6 Å². The molecule has 112 valence electrons. The molecule has 1 aromatic rings. The number of aliphatic hydroxyl groups excluding tert-OH is 1. The van der Waals surface area contributed by atoms with Crippen LogP contribution in [0, 0.1) is 5.92 Å². The molecule has 1 saturated heterocycles. The normalized spacial score (nSPS) is 29.0. The monoisotopic (exact) mass is 286 g/mol. The fraction of sp³-hybridized carbons (Fsp3) is 0.588. The second-order valence-electron chi connectivity index (χ2n) is 6.61. The lowest BCUT2D eigenvalue weighted by atomic mass is 9.95. The van der Waals surface area contributed by atoms with Crippen LogP contribution in [0.2, 0.25) is 0 Å². The zero-order valence-corrected chi connectivity index (χ0v) is 12.2. The van der Waals surface area contributed by atoms with Crippen LogP contribution in [0.1, 0.15) is 50.2 Å². The van der Waals surface area contributed by atoms with E-state index in [1.807, 2.05) is 12.1 Å².